The van der Waals surface area contributed by atoms with Crippen molar-refractivity contribution < 1.29 is 19.0 Å². The Morgan fingerprint density at radius 3 is 2.61 bits per heavy atom. The summed E-state index contributed by atoms with van der Waals surface area (Å²) in [5.74, 6) is 0.653. The molecule has 23 heavy (non-hydrogen) atoms. The van der Waals surface area contributed by atoms with Gasteiger partial charge in [-0.05, 0) is 37.0 Å². The van der Waals surface area contributed by atoms with E-state index in [1.807, 2.05) is 0 Å². The van der Waals surface area contributed by atoms with E-state index in [1.54, 1.807) is 14.2 Å². The number of methoxy groups -OCH3 is 2. The van der Waals surface area contributed by atoms with Crippen LogP contribution in [0.25, 0.3) is 0 Å². The average molecular weight is 326 g/mol. The molecule has 0 aromatic carbocycles. The SMILES string of the molecule is COCC(COC)NC(=O)N1CC2(CCOCC2)[C@@H]2CCC[C@@H]21. The molecule has 1 aliphatic carbocycles. The Morgan fingerprint density at radius 2 is 1.96 bits per heavy atom. The molecule has 6 heteroatoms. The first-order chi connectivity index (χ1) is 11.2. The largest absolute Gasteiger partial charge is 0.382 e. The molecule has 3 rings (SSSR count). The van der Waals surface area contributed by atoms with Crippen molar-refractivity contribution in [2.75, 3.05) is 47.2 Å². The van der Waals surface area contributed by atoms with Gasteiger partial charge < -0.3 is 24.4 Å². The molecule has 2 atom stereocenters. The van der Waals surface area contributed by atoms with Gasteiger partial charge in [0.25, 0.3) is 0 Å². The van der Waals surface area contributed by atoms with E-state index in [0.29, 0.717) is 25.2 Å². The maximum absolute atomic E-state index is 12.8. The first kappa shape index (κ1) is 17.0. The number of carbonyl (C=O) groups excluding carboxylic acids is 1. The lowest BCUT2D eigenvalue weighted by Crippen LogP contribution is -2.50. The van der Waals surface area contributed by atoms with Crippen molar-refractivity contribution in [2.24, 2.45) is 11.3 Å². The number of carbonyl (C=O) groups is 1. The Morgan fingerprint density at radius 1 is 1.26 bits per heavy atom. The molecule has 132 valence electrons. The molecule has 1 spiro atoms. The van der Waals surface area contributed by atoms with E-state index < -0.39 is 0 Å². The van der Waals surface area contributed by atoms with E-state index in [2.05, 4.69) is 10.2 Å². The zero-order chi connectivity index (χ0) is 16.3. The number of nitrogens with zero attached hydrogens (tertiary/aromatic N) is 1. The molecule has 1 N–H and O–H groups in total. The molecule has 6 nitrogen and oxygen atoms in total. The van der Waals surface area contributed by atoms with Gasteiger partial charge in [-0.2, -0.15) is 0 Å². The molecule has 3 aliphatic rings. The van der Waals surface area contributed by atoms with Gasteiger partial charge in [0.1, 0.15) is 0 Å². The number of ether oxygens (including phenoxy) is 3. The van der Waals surface area contributed by atoms with Gasteiger partial charge in [0.15, 0.2) is 0 Å². The number of rotatable bonds is 5. The van der Waals surface area contributed by atoms with Crippen molar-refractivity contribution in [3.63, 3.8) is 0 Å². The van der Waals surface area contributed by atoms with Crippen LogP contribution in [0.2, 0.25) is 0 Å². The molecule has 2 aliphatic heterocycles. The summed E-state index contributed by atoms with van der Waals surface area (Å²) in [6.45, 7) is 3.51. The van der Waals surface area contributed by atoms with Gasteiger partial charge in [0, 0.05) is 40.0 Å². The minimum absolute atomic E-state index is 0.0457. The molecule has 3 fully saturated rings. The monoisotopic (exact) mass is 326 g/mol. The van der Waals surface area contributed by atoms with Crippen LogP contribution < -0.4 is 5.32 Å². The highest BCUT2D eigenvalue weighted by atomic mass is 16.5. The number of nitrogens with one attached hydrogen (secondary N) is 1. The molecule has 2 saturated heterocycles. The van der Waals surface area contributed by atoms with E-state index in [4.69, 9.17) is 14.2 Å². The molecule has 0 radical (unpaired) electrons. The summed E-state index contributed by atoms with van der Waals surface area (Å²) in [6, 6.07) is 0.354. The highest BCUT2D eigenvalue weighted by Crippen LogP contribution is 2.53. The highest BCUT2D eigenvalue weighted by molar-refractivity contribution is 5.75. The van der Waals surface area contributed by atoms with Gasteiger partial charge in [0.2, 0.25) is 0 Å². The van der Waals surface area contributed by atoms with Gasteiger partial charge in [-0.25, -0.2) is 4.79 Å². The third-order valence-electron chi connectivity index (χ3n) is 5.96. The van der Waals surface area contributed by atoms with E-state index >= 15 is 0 Å². The first-order valence-electron chi connectivity index (χ1n) is 8.83. The van der Waals surface area contributed by atoms with E-state index in [9.17, 15) is 4.79 Å². The Hall–Kier alpha value is -0.850. The molecule has 0 bridgehead atoms. The lowest BCUT2D eigenvalue weighted by atomic mass is 9.71. The fraction of sp³-hybridized carbons (Fsp3) is 0.941. The Balaban J connectivity index is 1.68. The van der Waals surface area contributed by atoms with E-state index in [0.717, 1.165) is 39.0 Å². The summed E-state index contributed by atoms with van der Waals surface area (Å²) < 4.78 is 16.0. The van der Waals surface area contributed by atoms with Crippen LogP contribution in [0.1, 0.15) is 32.1 Å². The maximum atomic E-state index is 12.8. The smallest absolute Gasteiger partial charge is 0.318 e. The van der Waals surface area contributed by atoms with Crippen LogP contribution in [0.15, 0.2) is 0 Å². The molecular formula is C17H30N2O4. The lowest BCUT2D eigenvalue weighted by Gasteiger charge is -2.37. The predicted molar refractivity (Wildman–Crippen MR) is 86.4 cm³/mol. The van der Waals surface area contributed by atoms with Gasteiger partial charge in [0.05, 0.1) is 19.3 Å². The Bertz CT molecular complexity index is 405. The van der Waals surface area contributed by atoms with E-state index in [1.165, 1.54) is 12.8 Å². The molecule has 2 heterocycles. The van der Waals surface area contributed by atoms with Crippen molar-refractivity contribution in [1.29, 1.82) is 0 Å². The zero-order valence-corrected chi connectivity index (χ0v) is 14.4. The van der Waals surface area contributed by atoms with Crippen LogP contribution in [0, 0.1) is 11.3 Å². The van der Waals surface area contributed by atoms with Crippen molar-refractivity contribution in [3.8, 4) is 0 Å². The topological polar surface area (TPSA) is 60.0 Å². The van der Waals surface area contributed by atoms with Crippen LogP contribution in [-0.4, -0.2) is 70.2 Å². The Labute approximate surface area is 138 Å². The first-order valence-corrected chi connectivity index (χ1v) is 8.83. The number of hydrogen-bond donors (Lipinski definition) is 1. The second-order valence-electron chi connectivity index (χ2n) is 7.26. The van der Waals surface area contributed by atoms with Crippen molar-refractivity contribution in [3.05, 3.63) is 0 Å². The average Bonchev–Trinajstić information content (AvgIpc) is 3.13. The molecule has 0 unspecified atom stereocenters. The third kappa shape index (κ3) is 3.35. The summed E-state index contributed by atoms with van der Waals surface area (Å²) in [5, 5.41) is 3.10. The predicted octanol–water partition coefficient (Wildman–Crippen LogP) is 1.64. The normalized spacial score (nSPS) is 29.3. The van der Waals surface area contributed by atoms with Crippen LogP contribution in [0.5, 0.6) is 0 Å². The Kier molecular flexibility index (Phi) is 5.44. The second kappa shape index (κ2) is 7.36. The summed E-state index contributed by atoms with van der Waals surface area (Å²) in [4.78, 5) is 14.9. The van der Waals surface area contributed by atoms with Gasteiger partial charge in [-0.15, -0.1) is 0 Å². The zero-order valence-electron chi connectivity index (χ0n) is 14.4. The highest BCUT2D eigenvalue weighted by Gasteiger charge is 2.55. The van der Waals surface area contributed by atoms with Gasteiger partial charge >= 0.3 is 6.03 Å². The minimum Gasteiger partial charge on any atom is -0.382 e. The molecule has 2 amide bonds. The van der Waals surface area contributed by atoms with Crippen molar-refractivity contribution >= 4 is 6.03 Å². The van der Waals surface area contributed by atoms with Crippen molar-refractivity contribution in [2.45, 2.75) is 44.2 Å². The fourth-order valence-corrected chi connectivity index (χ4v) is 4.92. The quantitative estimate of drug-likeness (QED) is 0.834. The number of hydrogen-bond acceptors (Lipinski definition) is 4. The van der Waals surface area contributed by atoms with Crippen LogP contribution in [0.4, 0.5) is 4.79 Å². The molecule has 0 aromatic heterocycles. The van der Waals surface area contributed by atoms with Gasteiger partial charge in [-0.1, -0.05) is 6.42 Å². The molecule has 1 saturated carbocycles. The van der Waals surface area contributed by atoms with Crippen LogP contribution >= 0.6 is 0 Å². The summed E-state index contributed by atoms with van der Waals surface area (Å²) in [5.41, 5.74) is 0.286. The maximum Gasteiger partial charge on any atom is 0.318 e. The third-order valence-corrected chi connectivity index (χ3v) is 5.96. The standard InChI is InChI=1S/C17H30N2O4/c1-21-10-13(11-22-2)18-16(20)19-12-17(6-8-23-9-7-17)14-4-3-5-15(14)19/h13-15H,3-12H2,1-2H3,(H,18,20)/t14-,15+/m1/s1. The number of likely N-dealkylation sites (tertiary alicyclic amines) is 1. The van der Waals surface area contributed by atoms with Gasteiger partial charge in [-0.3, -0.25) is 0 Å². The van der Waals surface area contributed by atoms with E-state index in [-0.39, 0.29) is 17.5 Å². The van der Waals surface area contributed by atoms with Crippen molar-refractivity contribution in [1.82, 2.24) is 10.2 Å². The minimum atomic E-state index is -0.0939. The lowest BCUT2D eigenvalue weighted by molar-refractivity contribution is -0.000482. The number of fused-ring (bicyclic) bond motifs is 2. The molecular weight excluding hydrogens is 296 g/mol. The second-order valence-corrected chi connectivity index (χ2v) is 7.26. The summed E-state index contributed by atoms with van der Waals surface area (Å²) in [7, 11) is 3.30. The number of urea groups is 1. The summed E-state index contributed by atoms with van der Waals surface area (Å²) in [6.07, 6.45) is 5.82. The number of amides is 2. The molecule has 0 aromatic rings. The fourth-order valence-electron chi connectivity index (χ4n) is 4.92. The summed E-state index contributed by atoms with van der Waals surface area (Å²) >= 11 is 0. The van der Waals surface area contributed by atoms with Crippen LogP contribution in [-0.2, 0) is 14.2 Å². The van der Waals surface area contributed by atoms with Crippen LogP contribution in [0.3, 0.4) is 0 Å².